The Morgan fingerprint density at radius 1 is 1.16 bits per heavy atom. The number of aryl methyl sites for hydroxylation is 1. The topological polar surface area (TPSA) is 77.8 Å². The molecule has 1 aromatic heterocycles. The molecule has 1 aliphatic heterocycles. The van der Waals surface area contributed by atoms with E-state index < -0.39 is 0 Å². The fourth-order valence-electron chi connectivity index (χ4n) is 4.09. The van der Waals surface area contributed by atoms with Crippen LogP contribution in [-0.2, 0) is 0 Å². The van der Waals surface area contributed by atoms with Crippen LogP contribution in [0.25, 0.3) is 11.1 Å². The van der Waals surface area contributed by atoms with Gasteiger partial charge in [-0.2, -0.15) is 5.26 Å². The van der Waals surface area contributed by atoms with Gasteiger partial charge in [-0.1, -0.05) is 24.6 Å². The maximum Gasteiger partial charge on any atom is 0.255 e. The molecule has 1 unspecified atom stereocenters. The molecular weight excluding hydrogens is 384 g/mol. The average molecular weight is 411 g/mol. The summed E-state index contributed by atoms with van der Waals surface area (Å²) in [6.45, 7) is 3.94. The van der Waals surface area contributed by atoms with E-state index in [-0.39, 0.29) is 5.91 Å². The Bertz CT molecular complexity index is 1110. The van der Waals surface area contributed by atoms with Gasteiger partial charge in [-0.15, -0.1) is 0 Å². The molecular formula is C26H26N4O. The SMILES string of the molecule is Cc1ccc(C(=O)Nc2cccnc2C2CCCCNC2)cc1-c1ccc(C#N)cc1. The van der Waals surface area contributed by atoms with Gasteiger partial charge in [0.25, 0.3) is 5.91 Å². The van der Waals surface area contributed by atoms with Gasteiger partial charge < -0.3 is 10.6 Å². The molecule has 156 valence electrons. The summed E-state index contributed by atoms with van der Waals surface area (Å²) >= 11 is 0. The van der Waals surface area contributed by atoms with Crippen molar-refractivity contribution in [2.45, 2.75) is 32.1 Å². The highest BCUT2D eigenvalue weighted by molar-refractivity contribution is 6.05. The number of hydrogen-bond donors (Lipinski definition) is 2. The second kappa shape index (κ2) is 9.55. The third kappa shape index (κ3) is 4.82. The summed E-state index contributed by atoms with van der Waals surface area (Å²) in [5.41, 5.74) is 5.99. The lowest BCUT2D eigenvalue weighted by Gasteiger charge is -2.18. The van der Waals surface area contributed by atoms with E-state index in [1.165, 1.54) is 6.42 Å². The lowest BCUT2D eigenvalue weighted by molar-refractivity contribution is 0.102. The van der Waals surface area contributed by atoms with E-state index in [0.717, 1.165) is 54.0 Å². The summed E-state index contributed by atoms with van der Waals surface area (Å²) in [6, 6.07) is 19.1. The Hall–Kier alpha value is -3.49. The number of carbonyl (C=O) groups excluding carboxylic acids is 1. The Balaban J connectivity index is 1.59. The summed E-state index contributed by atoms with van der Waals surface area (Å²) in [5, 5.41) is 15.6. The molecule has 2 N–H and O–H groups in total. The van der Waals surface area contributed by atoms with Gasteiger partial charge in [-0.05, 0) is 79.4 Å². The minimum Gasteiger partial charge on any atom is -0.320 e. The normalized spacial score (nSPS) is 16.2. The first-order valence-corrected chi connectivity index (χ1v) is 10.7. The molecule has 1 fully saturated rings. The van der Waals surface area contributed by atoms with Gasteiger partial charge in [0.05, 0.1) is 23.0 Å². The molecule has 2 aromatic carbocycles. The van der Waals surface area contributed by atoms with Crippen molar-refractivity contribution >= 4 is 11.6 Å². The van der Waals surface area contributed by atoms with Gasteiger partial charge in [-0.25, -0.2) is 0 Å². The van der Waals surface area contributed by atoms with Crippen LogP contribution in [-0.4, -0.2) is 24.0 Å². The van der Waals surface area contributed by atoms with Gasteiger partial charge in [0.1, 0.15) is 0 Å². The molecule has 1 amide bonds. The van der Waals surface area contributed by atoms with Crippen LogP contribution >= 0.6 is 0 Å². The van der Waals surface area contributed by atoms with E-state index in [4.69, 9.17) is 5.26 Å². The first-order valence-electron chi connectivity index (χ1n) is 10.7. The molecule has 0 bridgehead atoms. The maximum absolute atomic E-state index is 13.1. The summed E-state index contributed by atoms with van der Waals surface area (Å²) < 4.78 is 0. The van der Waals surface area contributed by atoms with Crippen molar-refractivity contribution in [3.05, 3.63) is 83.2 Å². The molecule has 1 aliphatic rings. The second-order valence-electron chi connectivity index (χ2n) is 8.01. The van der Waals surface area contributed by atoms with Crippen molar-refractivity contribution in [2.24, 2.45) is 0 Å². The van der Waals surface area contributed by atoms with Crippen molar-refractivity contribution in [3.8, 4) is 17.2 Å². The van der Waals surface area contributed by atoms with Crippen LogP contribution in [0.4, 0.5) is 5.69 Å². The number of rotatable bonds is 4. The number of nitrogens with one attached hydrogen (secondary N) is 2. The molecule has 0 saturated carbocycles. The molecule has 5 nitrogen and oxygen atoms in total. The minimum absolute atomic E-state index is 0.147. The minimum atomic E-state index is -0.147. The van der Waals surface area contributed by atoms with Crippen molar-refractivity contribution in [2.75, 3.05) is 18.4 Å². The highest BCUT2D eigenvalue weighted by Gasteiger charge is 2.20. The molecule has 2 heterocycles. The zero-order valence-corrected chi connectivity index (χ0v) is 17.7. The van der Waals surface area contributed by atoms with E-state index >= 15 is 0 Å². The fourth-order valence-corrected chi connectivity index (χ4v) is 4.09. The second-order valence-corrected chi connectivity index (χ2v) is 8.01. The van der Waals surface area contributed by atoms with Gasteiger partial charge >= 0.3 is 0 Å². The fraction of sp³-hybridized carbons (Fsp3) is 0.269. The number of benzene rings is 2. The van der Waals surface area contributed by atoms with Gasteiger partial charge in [-0.3, -0.25) is 9.78 Å². The summed E-state index contributed by atoms with van der Waals surface area (Å²) in [7, 11) is 0. The van der Waals surface area contributed by atoms with Crippen molar-refractivity contribution in [1.29, 1.82) is 5.26 Å². The van der Waals surface area contributed by atoms with Crippen LogP contribution in [0.2, 0.25) is 0 Å². The largest absolute Gasteiger partial charge is 0.320 e. The zero-order valence-electron chi connectivity index (χ0n) is 17.7. The highest BCUT2D eigenvalue weighted by Crippen LogP contribution is 2.29. The van der Waals surface area contributed by atoms with E-state index in [0.29, 0.717) is 17.0 Å². The third-order valence-electron chi connectivity index (χ3n) is 5.85. The van der Waals surface area contributed by atoms with Crippen LogP contribution in [0.15, 0.2) is 60.8 Å². The van der Waals surface area contributed by atoms with Crippen LogP contribution in [0.3, 0.4) is 0 Å². The van der Waals surface area contributed by atoms with Crippen LogP contribution in [0.1, 0.15) is 52.4 Å². The number of hydrogen-bond acceptors (Lipinski definition) is 4. The molecule has 31 heavy (non-hydrogen) atoms. The van der Waals surface area contributed by atoms with Crippen LogP contribution in [0, 0.1) is 18.3 Å². The average Bonchev–Trinajstić information content (AvgIpc) is 3.09. The molecule has 1 atom stereocenters. The Kier molecular flexibility index (Phi) is 6.40. The monoisotopic (exact) mass is 410 g/mol. The van der Waals surface area contributed by atoms with Gasteiger partial charge in [0, 0.05) is 24.2 Å². The molecule has 0 radical (unpaired) electrons. The van der Waals surface area contributed by atoms with Crippen LogP contribution < -0.4 is 10.6 Å². The number of carbonyl (C=O) groups is 1. The number of pyridine rings is 1. The Morgan fingerprint density at radius 2 is 2.00 bits per heavy atom. The number of amides is 1. The standard InChI is InChI=1S/C26H26N4O/c1-18-7-10-21(15-23(18)20-11-8-19(16-27)9-12-20)26(31)30-24-6-4-14-29-25(24)22-5-2-3-13-28-17-22/h4,6-12,14-15,22,28H,2-3,5,13,17H2,1H3,(H,30,31). The number of anilines is 1. The first kappa shape index (κ1) is 20.8. The summed E-state index contributed by atoms with van der Waals surface area (Å²) in [4.78, 5) is 17.7. The molecule has 1 saturated heterocycles. The quantitative estimate of drug-likeness (QED) is 0.632. The predicted octanol–water partition coefficient (Wildman–Crippen LogP) is 5.04. The lowest BCUT2D eigenvalue weighted by atomic mass is 9.96. The van der Waals surface area contributed by atoms with Crippen molar-refractivity contribution in [1.82, 2.24) is 10.3 Å². The van der Waals surface area contributed by atoms with Crippen LogP contribution in [0.5, 0.6) is 0 Å². The van der Waals surface area contributed by atoms with Gasteiger partial charge in [0.2, 0.25) is 0 Å². The maximum atomic E-state index is 13.1. The first-order chi connectivity index (χ1) is 15.2. The molecule has 5 heteroatoms. The smallest absolute Gasteiger partial charge is 0.255 e. The van der Waals surface area contributed by atoms with E-state index in [9.17, 15) is 4.79 Å². The Labute approximate surface area is 183 Å². The number of aromatic nitrogens is 1. The number of nitriles is 1. The summed E-state index contributed by atoms with van der Waals surface area (Å²) in [5.74, 6) is 0.150. The molecule has 0 aliphatic carbocycles. The lowest BCUT2D eigenvalue weighted by Crippen LogP contribution is -2.22. The zero-order chi connectivity index (χ0) is 21.6. The predicted molar refractivity (Wildman–Crippen MR) is 123 cm³/mol. The molecule has 3 aromatic rings. The third-order valence-corrected chi connectivity index (χ3v) is 5.85. The van der Waals surface area contributed by atoms with E-state index in [2.05, 4.69) is 21.7 Å². The van der Waals surface area contributed by atoms with Crippen molar-refractivity contribution in [3.63, 3.8) is 0 Å². The highest BCUT2D eigenvalue weighted by atomic mass is 16.1. The van der Waals surface area contributed by atoms with Crippen molar-refractivity contribution < 1.29 is 4.79 Å². The number of nitrogens with zero attached hydrogens (tertiary/aromatic N) is 2. The molecule has 4 rings (SSSR count). The summed E-state index contributed by atoms with van der Waals surface area (Å²) in [6.07, 6.45) is 5.20. The van der Waals surface area contributed by atoms with Gasteiger partial charge in [0.15, 0.2) is 0 Å². The van der Waals surface area contributed by atoms with E-state index in [1.807, 2.05) is 49.4 Å². The molecule has 0 spiro atoms. The Morgan fingerprint density at radius 3 is 2.81 bits per heavy atom. The van der Waals surface area contributed by atoms with E-state index in [1.54, 1.807) is 18.3 Å².